The third kappa shape index (κ3) is 3.99. The lowest BCUT2D eigenvalue weighted by molar-refractivity contribution is 0.102. The van der Waals surface area contributed by atoms with Crippen LogP contribution in [0.15, 0.2) is 65.2 Å². The first-order valence-electron chi connectivity index (χ1n) is 10.5. The Labute approximate surface area is 180 Å². The molecule has 0 bridgehead atoms. The monoisotopic (exact) mass is 413 g/mol. The van der Waals surface area contributed by atoms with Gasteiger partial charge in [0.05, 0.1) is 12.2 Å². The molecule has 1 amide bonds. The van der Waals surface area contributed by atoms with Crippen LogP contribution in [0.25, 0.3) is 22.9 Å². The number of benzene rings is 2. The first-order valence-corrected chi connectivity index (χ1v) is 10.5. The Balaban J connectivity index is 1.30. The lowest BCUT2D eigenvalue weighted by Crippen LogP contribution is -2.17. The molecule has 2 heterocycles. The van der Waals surface area contributed by atoms with E-state index in [4.69, 9.17) is 4.42 Å². The summed E-state index contributed by atoms with van der Waals surface area (Å²) >= 11 is 0. The molecule has 5 rings (SSSR count). The SMILES string of the molecule is Cc1ccc(-c2nnc(-c3ccc(C(=O)Nc4ccnn4C4CCCC4)cc3)o2)cc1. The summed E-state index contributed by atoms with van der Waals surface area (Å²) in [5.74, 6) is 1.46. The van der Waals surface area contributed by atoms with Gasteiger partial charge < -0.3 is 9.73 Å². The molecule has 1 fully saturated rings. The molecule has 0 radical (unpaired) electrons. The minimum absolute atomic E-state index is 0.169. The van der Waals surface area contributed by atoms with Gasteiger partial charge in [-0.3, -0.25) is 4.79 Å². The van der Waals surface area contributed by atoms with Gasteiger partial charge >= 0.3 is 0 Å². The van der Waals surface area contributed by atoms with Crippen molar-refractivity contribution < 1.29 is 9.21 Å². The number of nitrogens with zero attached hydrogens (tertiary/aromatic N) is 4. The summed E-state index contributed by atoms with van der Waals surface area (Å²) in [6.07, 6.45) is 6.36. The summed E-state index contributed by atoms with van der Waals surface area (Å²) in [6, 6.07) is 17.3. The van der Waals surface area contributed by atoms with Gasteiger partial charge in [-0.1, -0.05) is 30.5 Å². The Morgan fingerprint density at radius 2 is 1.55 bits per heavy atom. The third-order valence-electron chi connectivity index (χ3n) is 5.70. The van der Waals surface area contributed by atoms with Crippen LogP contribution in [0, 0.1) is 6.92 Å². The summed E-state index contributed by atoms with van der Waals surface area (Å²) in [7, 11) is 0. The van der Waals surface area contributed by atoms with Crippen molar-refractivity contribution >= 4 is 11.7 Å². The van der Waals surface area contributed by atoms with Crippen LogP contribution in [0.1, 0.15) is 47.6 Å². The first-order chi connectivity index (χ1) is 15.2. The zero-order valence-corrected chi connectivity index (χ0v) is 17.3. The van der Waals surface area contributed by atoms with Gasteiger partial charge in [-0.25, -0.2) is 4.68 Å². The molecular formula is C24H23N5O2. The fourth-order valence-electron chi connectivity index (χ4n) is 3.96. The number of anilines is 1. The number of carbonyl (C=O) groups excluding carboxylic acids is 1. The molecule has 0 saturated heterocycles. The van der Waals surface area contributed by atoms with Crippen LogP contribution in [0.2, 0.25) is 0 Å². The van der Waals surface area contributed by atoms with Gasteiger partial charge in [0.1, 0.15) is 5.82 Å². The van der Waals surface area contributed by atoms with Crippen molar-refractivity contribution in [1.82, 2.24) is 20.0 Å². The Kier molecular flexibility index (Phi) is 5.08. The number of amides is 1. The largest absolute Gasteiger partial charge is 0.416 e. The van der Waals surface area contributed by atoms with E-state index in [0.29, 0.717) is 23.4 Å². The van der Waals surface area contributed by atoms with E-state index in [9.17, 15) is 4.79 Å². The quantitative estimate of drug-likeness (QED) is 0.481. The van der Waals surface area contributed by atoms with Crippen molar-refractivity contribution in [3.05, 3.63) is 71.9 Å². The maximum Gasteiger partial charge on any atom is 0.256 e. The Morgan fingerprint density at radius 1 is 0.935 bits per heavy atom. The summed E-state index contributed by atoms with van der Waals surface area (Å²) < 4.78 is 7.75. The minimum Gasteiger partial charge on any atom is -0.416 e. The van der Waals surface area contributed by atoms with Gasteiger partial charge in [-0.2, -0.15) is 5.10 Å². The Morgan fingerprint density at radius 3 is 2.19 bits per heavy atom. The maximum absolute atomic E-state index is 12.7. The number of rotatable bonds is 5. The number of aromatic nitrogens is 4. The lowest BCUT2D eigenvalue weighted by Gasteiger charge is -2.14. The molecule has 0 unspecified atom stereocenters. The molecule has 7 heteroatoms. The molecule has 7 nitrogen and oxygen atoms in total. The lowest BCUT2D eigenvalue weighted by atomic mass is 10.1. The number of hydrogen-bond acceptors (Lipinski definition) is 5. The Bertz CT molecular complexity index is 1190. The van der Waals surface area contributed by atoms with Crippen molar-refractivity contribution in [2.45, 2.75) is 38.6 Å². The number of carbonyl (C=O) groups is 1. The molecule has 1 aliphatic carbocycles. The van der Waals surface area contributed by atoms with E-state index in [0.717, 1.165) is 29.8 Å². The van der Waals surface area contributed by atoms with E-state index in [1.54, 1.807) is 18.3 Å². The third-order valence-corrected chi connectivity index (χ3v) is 5.70. The number of aryl methyl sites for hydroxylation is 1. The van der Waals surface area contributed by atoms with Crippen molar-refractivity contribution in [3.63, 3.8) is 0 Å². The van der Waals surface area contributed by atoms with Gasteiger partial charge in [0.25, 0.3) is 5.91 Å². The van der Waals surface area contributed by atoms with Crippen LogP contribution < -0.4 is 5.32 Å². The average Bonchev–Trinajstić information content (AvgIpc) is 3.56. The Hall–Kier alpha value is -3.74. The molecule has 4 aromatic rings. The number of hydrogen-bond donors (Lipinski definition) is 1. The molecule has 2 aromatic heterocycles. The van der Waals surface area contributed by atoms with E-state index in [2.05, 4.69) is 20.6 Å². The highest BCUT2D eigenvalue weighted by atomic mass is 16.4. The van der Waals surface area contributed by atoms with E-state index < -0.39 is 0 Å². The van der Waals surface area contributed by atoms with Crippen LogP contribution in [0.4, 0.5) is 5.82 Å². The van der Waals surface area contributed by atoms with E-state index in [1.807, 2.05) is 54.1 Å². The highest BCUT2D eigenvalue weighted by Gasteiger charge is 2.21. The molecule has 2 aromatic carbocycles. The van der Waals surface area contributed by atoms with Crippen molar-refractivity contribution in [3.8, 4) is 22.9 Å². The standard InChI is InChI=1S/C24H23N5O2/c1-16-6-8-18(9-7-16)23-27-28-24(31-23)19-12-10-17(11-13-19)22(30)26-21-14-15-25-29(21)20-4-2-3-5-20/h6-15,20H,2-5H2,1H3,(H,26,30). The van der Waals surface area contributed by atoms with Crippen LogP contribution in [-0.4, -0.2) is 25.9 Å². The molecule has 156 valence electrons. The molecule has 31 heavy (non-hydrogen) atoms. The van der Waals surface area contributed by atoms with Gasteiger partial charge in [-0.15, -0.1) is 10.2 Å². The number of nitrogens with one attached hydrogen (secondary N) is 1. The fraction of sp³-hybridized carbons (Fsp3) is 0.250. The molecule has 1 aliphatic rings. The zero-order chi connectivity index (χ0) is 21.2. The van der Waals surface area contributed by atoms with Crippen LogP contribution >= 0.6 is 0 Å². The maximum atomic E-state index is 12.7. The molecule has 0 aliphatic heterocycles. The second-order valence-electron chi connectivity index (χ2n) is 7.91. The molecule has 1 saturated carbocycles. The molecular weight excluding hydrogens is 390 g/mol. The van der Waals surface area contributed by atoms with Gasteiger partial charge in [0, 0.05) is 22.8 Å². The zero-order valence-electron chi connectivity index (χ0n) is 17.3. The average molecular weight is 413 g/mol. The van der Waals surface area contributed by atoms with Crippen molar-refractivity contribution in [2.24, 2.45) is 0 Å². The summed E-state index contributed by atoms with van der Waals surface area (Å²) in [5.41, 5.74) is 3.36. The normalized spacial score (nSPS) is 14.1. The van der Waals surface area contributed by atoms with Crippen molar-refractivity contribution in [2.75, 3.05) is 5.32 Å². The van der Waals surface area contributed by atoms with Crippen LogP contribution in [0.5, 0.6) is 0 Å². The van der Waals surface area contributed by atoms with Gasteiger partial charge in [0.2, 0.25) is 11.8 Å². The van der Waals surface area contributed by atoms with E-state index in [1.165, 1.54) is 18.4 Å². The second kappa shape index (κ2) is 8.18. The van der Waals surface area contributed by atoms with Gasteiger partial charge in [0.15, 0.2) is 0 Å². The van der Waals surface area contributed by atoms with E-state index >= 15 is 0 Å². The highest BCUT2D eigenvalue weighted by molar-refractivity contribution is 6.04. The predicted molar refractivity (Wildman–Crippen MR) is 118 cm³/mol. The van der Waals surface area contributed by atoms with Crippen LogP contribution in [-0.2, 0) is 0 Å². The van der Waals surface area contributed by atoms with Gasteiger partial charge in [-0.05, 0) is 56.2 Å². The van der Waals surface area contributed by atoms with Crippen LogP contribution in [0.3, 0.4) is 0 Å². The summed E-state index contributed by atoms with van der Waals surface area (Å²) in [5, 5.41) is 15.7. The predicted octanol–water partition coefficient (Wildman–Crippen LogP) is 5.28. The topological polar surface area (TPSA) is 85.8 Å². The molecule has 0 atom stereocenters. The summed E-state index contributed by atoms with van der Waals surface area (Å²) in [4.78, 5) is 12.7. The summed E-state index contributed by atoms with van der Waals surface area (Å²) in [6.45, 7) is 2.03. The van der Waals surface area contributed by atoms with E-state index in [-0.39, 0.29) is 5.91 Å². The van der Waals surface area contributed by atoms with Crippen molar-refractivity contribution in [1.29, 1.82) is 0 Å². The smallest absolute Gasteiger partial charge is 0.256 e. The highest BCUT2D eigenvalue weighted by Crippen LogP contribution is 2.31. The fourth-order valence-corrected chi connectivity index (χ4v) is 3.96. The molecule has 1 N–H and O–H groups in total. The molecule has 0 spiro atoms. The first kappa shape index (κ1) is 19.2. The second-order valence-corrected chi connectivity index (χ2v) is 7.91. The minimum atomic E-state index is -0.169.